The highest BCUT2D eigenvalue weighted by atomic mass is 19.1. The van der Waals surface area contributed by atoms with Crippen molar-refractivity contribution < 1.29 is 14.6 Å². The third kappa shape index (κ3) is 4.02. The van der Waals surface area contributed by atoms with E-state index in [9.17, 15) is 9.50 Å². The molecule has 2 N–H and O–H groups in total. The Morgan fingerprint density at radius 2 is 1.83 bits per heavy atom. The van der Waals surface area contributed by atoms with Gasteiger partial charge in [0.1, 0.15) is 5.67 Å². The van der Waals surface area contributed by atoms with Crippen molar-refractivity contribution in [2.24, 2.45) is 0 Å². The molecule has 2 nitrogen and oxygen atoms in total. The monoisotopic (exact) mass is 178 g/mol. The van der Waals surface area contributed by atoms with Crippen LogP contribution in [0.5, 0.6) is 0 Å². The molecule has 1 atom stereocenters. The van der Waals surface area contributed by atoms with Crippen LogP contribution in [0.3, 0.4) is 0 Å². The molecule has 12 heavy (non-hydrogen) atoms. The van der Waals surface area contributed by atoms with Gasteiger partial charge in [-0.25, -0.2) is 4.39 Å². The summed E-state index contributed by atoms with van der Waals surface area (Å²) in [7, 11) is 0. The van der Waals surface area contributed by atoms with Gasteiger partial charge < -0.3 is 10.2 Å². The van der Waals surface area contributed by atoms with Gasteiger partial charge in [0, 0.05) is 13.0 Å². The molecule has 0 fully saturated rings. The second kappa shape index (κ2) is 5.49. The molecule has 0 aliphatic heterocycles. The number of hydrogen-bond donors (Lipinski definition) is 2. The van der Waals surface area contributed by atoms with Gasteiger partial charge in [0.2, 0.25) is 0 Å². The molecule has 1 unspecified atom stereocenters. The van der Waals surface area contributed by atoms with Gasteiger partial charge in [-0.2, -0.15) is 0 Å². The van der Waals surface area contributed by atoms with Gasteiger partial charge in [-0.3, -0.25) is 0 Å². The standard InChI is InChI=1S/C9H19FO2/c1-3-9(10,4-2)7-8(12)5-6-11/h8,11-12H,3-7H2,1-2H3. The van der Waals surface area contributed by atoms with Crippen LogP contribution in [0.1, 0.15) is 39.5 Å². The maximum absolute atomic E-state index is 13.6. The molecule has 0 aromatic heterocycles. The highest BCUT2D eigenvalue weighted by Gasteiger charge is 2.27. The average molecular weight is 178 g/mol. The molecule has 0 saturated carbocycles. The van der Waals surface area contributed by atoms with E-state index in [2.05, 4.69) is 0 Å². The van der Waals surface area contributed by atoms with Crippen molar-refractivity contribution >= 4 is 0 Å². The maximum Gasteiger partial charge on any atom is 0.113 e. The van der Waals surface area contributed by atoms with E-state index in [-0.39, 0.29) is 19.4 Å². The van der Waals surface area contributed by atoms with Gasteiger partial charge in [-0.1, -0.05) is 13.8 Å². The summed E-state index contributed by atoms with van der Waals surface area (Å²) in [6.45, 7) is 3.47. The van der Waals surface area contributed by atoms with Crippen LogP contribution in [0, 0.1) is 0 Å². The molecule has 0 radical (unpaired) electrons. The summed E-state index contributed by atoms with van der Waals surface area (Å²) in [5.41, 5.74) is -1.26. The first-order valence-electron chi connectivity index (χ1n) is 4.55. The smallest absolute Gasteiger partial charge is 0.113 e. The molecule has 0 aromatic rings. The number of rotatable bonds is 6. The van der Waals surface area contributed by atoms with Crippen molar-refractivity contribution in [1.82, 2.24) is 0 Å². The normalized spacial score (nSPS) is 14.8. The van der Waals surface area contributed by atoms with Crippen LogP contribution >= 0.6 is 0 Å². The third-order valence-corrected chi connectivity index (χ3v) is 2.33. The molecule has 0 saturated heterocycles. The SMILES string of the molecule is CCC(F)(CC)CC(O)CCO. The Bertz CT molecular complexity index is 113. The predicted octanol–water partition coefficient (Wildman–Crippen LogP) is 1.65. The largest absolute Gasteiger partial charge is 0.396 e. The summed E-state index contributed by atoms with van der Waals surface area (Å²) in [6.07, 6.45) is 0.546. The molecular formula is C9H19FO2. The van der Waals surface area contributed by atoms with Crippen LogP contribution in [0.4, 0.5) is 4.39 Å². The number of aliphatic hydroxyl groups excluding tert-OH is 2. The molecule has 0 bridgehead atoms. The first kappa shape index (κ1) is 11.8. The zero-order chi connectivity index (χ0) is 9.61. The molecule has 0 spiro atoms. The van der Waals surface area contributed by atoms with Crippen LogP contribution in [0.2, 0.25) is 0 Å². The van der Waals surface area contributed by atoms with Crippen molar-refractivity contribution in [3.05, 3.63) is 0 Å². The summed E-state index contributed by atoms with van der Waals surface area (Å²) in [5, 5.41) is 17.7. The molecule has 0 aliphatic rings. The lowest BCUT2D eigenvalue weighted by Gasteiger charge is -2.24. The number of halogens is 1. The van der Waals surface area contributed by atoms with Gasteiger partial charge in [0.15, 0.2) is 0 Å². The van der Waals surface area contributed by atoms with Crippen molar-refractivity contribution in [2.45, 2.75) is 51.3 Å². The highest BCUT2D eigenvalue weighted by molar-refractivity contribution is 4.79. The van der Waals surface area contributed by atoms with Gasteiger partial charge in [0.05, 0.1) is 6.10 Å². The van der Waals surface area contributed by atoms with Crippen LogP contribution < -0.4 is 0 Å². The minimum Gasteiger partial charge on any atom is -0.396 e. The average Bonchev–Trinajstić information content (AvgIpc) is 2.05. The van der Waals surface area contributed by atoms with E-state index >= 15 is 0 Å². The lowest BCUT2D eigenvalue weighted by molar-refractivity contribution is 0.0424. The van der Waals surface area contributed by atoms with Crippen molar-refractivity contribution in [3.63, 3.8) is 0 Å². The molecule has 0 heterocycles. The molecule has 74 valence electrons. The summed E-state index contributed by atoms with van der Waals surface area (Å²) >= 11 is 0. The lowest BCUT2D eigenvalue weighted by atomic mass is 9.91. The number of aliphatic hydroxyl groups is 2. The van der Waals surface area contributed by atoms with E-state index in [1.165, 1.54) is 0 Å². The first-order valence-corrected chi connectivity index (χ1v) is 4.55. The Labute approximate surface area is 73.4 Å². The minimum absolute atomic E-state index is 0.0787. The number of alkyl halides is 1. The van der Waals surface area contributed by atoms with E-state index < -0.39 is 11.8 Å². The third-order valence-electron chi connectivity index (χ3n) is 2.33. The van der Waals surface area contributed by atoms with E-state index in [0.717, 1.165) is 0 Å². The Balaban J connectivity index is 3.84. The van der Waals surface area contributed by atoms with E-state index in [4.69, 9.17) is 5.11 Å². The predicted molar refractivity (Wildman–Crippen MR) is 46.7 cm³/mol. The summed E-state index contributed by atoms with van der Waals surface area (Å²) in [4.78, 5) is 0. The van der Waals surface area contributed by atoms with Crippen molar-refractivity contribution in [2.75, 3.05) is 6.61 Å². The minimum atomic E-state index is -1.26. The fourth-order valence-electron chi connectivity index (χ4n) is 1.21. The molecule has 0 aliphatic carbocycles. The summed E-state index contributed by atoms with van der Waals surface area (Å²) in [5.74, 6) is 0. The Hall–Kier alpha value is -0.150. The maximum atomic E-state index is 13.6. The molecular weight excluding hydrogens is 159 g/mol. The summed E-state index contributed by atoms with van der Waals surface area (Å²) in [6, 6.07) is 0. The van der Waals surface area contributed by atoms with Gasteiger partial charge in [-0.15, -0.1) is 0 Å². The fourth-order valence-corrected chi connectivity index (χ4v) is 1.21. The van der Waals surface area contributed by atoms with Crippen LogP contribution in [-0.2, 0) is 0 Å². The number of hydrogen-bond acceptors (Lipinski definition) is 2. The second-order valence-corrected chi connectivity index (χ2v) is 3.23. The quantitative estimate of drug-likeness (QED) is 0.649. The molecule has 0 aromatic carbocycles. The molecule has 0 amide bonds. The second-order valence-electron chi connectivity index (χ2n) is 3.23. The summed E-state index contributed by atoms with van der Waals surface area (Å²) < 4.78 is 13.6. The van der Waals surface area contributed by atoms with Gasteiger partial charge in [-0.05, 0) is 19.3 Å². The van der Waals surface area contributed by atoms with E-state index in [1.807, 2.05) is 0 Å². The van der Waals surface area contributed by atoms with Gasteiger partial charge in [0.25, 0.3) is 0 Å². The van der Waals surface area contributed by atoms with Gasteiger partial charge >= 0.3 is 0 Å². The van der Waals surface area contributed by atoms with Crippen molar-refractivity contribution in [1.29, 1.82) is 0 Å². The zero-order valence-corrected chi connectivity index (χ0v) is 7.89. The van der Waals surface area contributed by atoms with Crippen molar-refractivity contribution in [3.8, 4) is 0 Å². The van der Waals surface area contributed by atoms with Crippen LogP contribution in [0.25, 0.3) is 0 Å². The Kier molecular flexibility index (Phi) is 5.42. The first-order chi connectivity index (χ1) is 5.58. The molecule has 3 heteroatoms. The lowest BCUT2D eigenvalue weighted by Crippen LogP contribution is -2.27. The van der Waals surface area contributed by atoms with E-state index in [1.54, 1.807) is 13.8 Å². The zero-order valence-electron chi connectivity index (χ0n) is 7.89. The van der Waals surface area contributed by atoms with Crippen LogP contribution in [0.15, 0.2) is 0 Å². The Morgan fingerprint density at radius 1 is 1.33 bits per heavy atom. The highest BCUT2D eigenvalue weighted by Crippen LogP contribution is 2.26. The Morgan fingerprint density at radius 3 is 2.17 bits per heavy atom. The van der Waals surface area contributed by atoms with E-state index in [0.29, 0.717) is 12.8 Å². The van der Waals surface area contributed by atoms with Crippen LogP contribution in [-0.4, -0.2) is 28.6 Å². The molecule has 0 rings (SSSR count). The topological polar surface area (TPSA) is 40.5 Å². The fraction of sp³-hybridized carbons (Fsp3) is 1.00.